The Morgan fingerprint density at radius 1 is 1.21 bits per heavy atom. The molecule has 0 aliphatic heterocycles. The number of imidazole rings is 1. The maximum atomic E-state index is 12.3. The second-order valence-electron chi connectivity index (χ2n) is 6.43. The van der Waals surface area contributed by atoms with E-state index in [1.165, 1.54) is 38.0 Å². The van der Waals surface area contributed by atoms with Crippen LogP contribution in [0.2, 0.25) is 0 Å². The van der Waals surface area contributed by atoms with Crippen molar-refractivity contribution in [3.63, 3.8) is 0 Å². The normalized spacial score (nSPS) is 11.7. The highest BCUT2D eigenvalue weighted by Gasteiger charge is 2.17. The maximum absolute atomic E-state index is 12.3. The number of hydrogen-bond donors (Lipinski definition) is 1. The number of benzene rings is 2. The Labute approximate surface area is 174 Å². The number of allylic oxidation sites excluding steroid dienone is 1. The van der Waals surface area contributed by atoms with Gasteiger partial charge in [-0.15, -0.1) is 6.58 Å². The molecule has 0 radical (unpaired) electrons. The number of sulfonamides is 1. The first-order chi connectivity index (χ1) is 13.8. The number of rotatable bonds is 8. The zero-order valence-electron chi connectivity index (χ0n) is 16.2. The maximum Gasteiger partial charge on any atom is 0.242 e. The number of hydrogen-bond acceptors (Lipinski definition) is 5. The lowest BCUT2D eigenvalue weighted by molar-refractivity contribution is -0.113. The van der Waals surface area contributed by atoms with Crippen molar-refractivity contribution >= 4 is 44.4 Å². The first-order valence-corrected chi connectivity index (χ1v) is 11.3. The van der Waals surface area contributed by atoms with E-state index in [-0.39, 0.29) is 16.6 Å². The Balaban J connectivity index is 1.67. The molecule has 9 heteroatoms. The highest BCUT2D eigenvalue weighted by Crippen LogP contribution is 2.24. The first-order valence-electron chi connectivity index (χ1n) is 8.84. The molecule has 1 aromatic heterocycles. The van der Waals surface area contributed by atoms with E-state index < -0.39 is 10.0 Å². The SMILES string of the molecule is C=CCn1c(SCC(=O)Nc2ccc(S(=O)(=O)N(C)C)cc2)nc2ccccc21. The molecule has 3 aromatic rings. The predicted molar refractivity (Wildman–Crippen MR) is 117 cm³/mol. The van der Waals surface area contributed by atoms with Crippen molar-refractivity contribution in [3.05, 3.63) is 61.2 Å². The third kappa shape index (κ3) is 4.69. The summed E-state index contributed by atoms with van der Waals surface area (Å²) in [6.07, 6.45) is 1.79. The van der Waals surface area contributed by atoms with Gasteiger partial charge in [0, 0.05) is 26.3 Å². The lowest BCUT2D eigenvalue weighted by Gasteiger charge is -2.12. The van der Waals surface area contributed by atoms with Gasteiger partial charge in [-0.1, -0.05) is 30.0 Å². The highest BCUT2D eigenvalue weighted by atomic mass is 32.2. The van der Waals surface area contributed by atoms with Gasteiger partial charge in [0.05, 0.1) is 21.7 Å². The number of para-hydroxylation sites is 2. The van der Waals surface area contributed by atoms with Crippen molar-refractivity contribution in [2.24, 2.45) is 0 Å². The summed E-state index contributed by atoms with van der Waals surface area (Å²) >= 11 is 1.34. The molecule has 0 bridgehead atoms. The highest BCUT2D eigenvalue weighted by molar-refractivity contribution is 7.99. The van der Waals surface area contributed by atoms with E-state index in [0.29, 0.717) is 12.2 Å². The summed E-state index contributed by atoms with van der Waals surface area (Å²) in [5, 5.41) is 3.52. The van der Waals surface area contributed by atoms with Crippen LogP contribution in [-0.2, 0) is 21.4 Å². The van der Waals surface area contributed by atoms with Gasteiger partial charge in [0.2, 0.25) is 15.9 Å². The molecule has 1 N–H and O–H groups in total. The fourth-order valence-corrected chi connectivity index (χ4v) is 4.44. The number of aromatic nitrogens is 2. The molecule has 2 aromatic carbocycles. The van der Waals surface area contributed by atoms with Crippen molar-refractivity contribution in [3.8, 4) is 0 Å². The fraction of sp³-hybridized carbons (Fsp3) is 0.200. The average molecular weight is 431 g/mol. The van der Waals surface area contributed by atoms with Crippen molar-refractivity contribution in [2.45, 2.75) is 16.6 Å². The molecule has 0 atom stereocenters. The standard InChI is InChI=1S/C20H22N4O3S2/c1-4-13-24-18-8-6-5-7-17(18)22-20(24)28-14-19(25)21-15-9-11-16(12-10-15)29(26,27)23(2)3/h4-12H,1,13-14H2,2-3H3,(H,21,25). The number of thioether (sulfide) groups is 1. The lowest BCUT2D eigenvalue weighted by atomic mass is 10.3. The molecule has 0 saturated heterocycles. The van der Waals surface area contributed by atoms with Gasteiger partial charge >= 0.3 is 0 Å². The Morgan fingerprint density at radius 2 is 1.90 bits per heavy atom. The molecule has 0 unspecified atom stereocenters. The first kappa shape index (κ1) is 21.1. The molecule has 1 heterocycles. The molecule has 7 nitrogen and oxygen atoms in total. The van der Waals surface area contributed by atoms with Gasteiger partial charge in [-0.3, -0.25) is 4.79 Å². The summed E-state index contributed by atoms with van der Waals surface area (Å²) < 4.78 is 27.4. The van der Waals surface area contributed by atoms with Crippen LogP contribution in [0.3, 0.4) is 0 Å². The summed E-state index contributed by atoms with van der Waals surface area (Å²) in [5.74, 6) is -0.0199. The van der Waals surface area contributed by atoms with Gasteiger partial charge < -0.3 is 9.88 Å². The third-order valence-corrected chi connectivity index (χ3v) is 6.99. The van der Waals surface area contributed by atoms with Crippen LogP contribution < -0.4 is 5.32 Å². The van der Waals surface area contributed by atoms with Gasteiger partial charge in [0.25, 0.3) is 0 Å². The van der Waals surface area contributed by atoms with Gasteiger partial charge in [0.1, 0.15) is 0 Å². The smallest absolute Gasteiger partial charge is 0.242 e. The average Bonchev–Trinajstić information content (AvgIpc) is 3.05. The van der Waals surface area contributed by atoms with Crippen molar-refractivity contribution < 1.29 is 13.2 Å². The largest absolute Gasteiger partial charge is 0.325 e. The summed E-state index contributed by atoms with van der Waals surface area (Å²) in [5.41, 5.74) is 2.40. The molecule has 29 heavy (non-hydrogen) atoms. The van der Waals surface area contributed by atoms with Crippen LogP contribution in [0.1, 0.15) is 0 Å². The summed E-state index contributed by atoms with van der Waals surface area (Å²) in [7, 11) is -0.546. The second-order valence-corrected chi connectivity index (χ2v) is 9.53. The zero-order chi connectivity index (χ0) is 21.0. The quantitative estimate of drug-likeness (QED) is 0.438. The van der Waals surface area contributed by atoms with E-state index in [2.05, 4.69) is 16.9 Å². The monoisotopic (exact) mass is 430 g/mol. The molecular formula is C20H22N4O3S2. The van der Waals surface area contributed by atoms with Crippen LogP contribution in [0.5, 0.6) is 0 Å². The summed E-state index contributed by atoms with van der Waals surface area (Å²) in [6, 6.07) is 13.9. The van der Waals surface area contributed by atoms with Crippen LogP contribution >= 0.6 is 11.8 Å². The zero-order valence-corrected chi connectivity index (χ0v) is 17.8. The van der Waals surface area contributed by atoms with Crippen LogP contribution in [0.4, 0.5) is 5.69 Å². The van der Waals surface area contributed by atoms with E-state index in [1.54, 1.807) is 18.2 Å². The van der Waals surface area contributed by atoms with E-state index >= 15 is 0 Å². The predicted octanol–water partition coefficient (Wildman–Crippen LogP) is 3.20. The molecule has 3 rings (SSSR count). The number of carbonyl (C=O) groups excluding carboxylic acids is 1. The minimum atomic E-state index is -3.49. The van der Waals surface area contributed by atoms with Gasteiger partial charge in [0.15, 0.2) is 5.16 Å². The Hall–Kier alpha value is -2.62. The fourth-order valence-electron chi connectivity index (χ4n) is 2.72. The number of fused-ring (bicyclic) bond motifs is 1. The van der Waals surface area contributed by atoms with Gasteiger partial charge in [-0.05, 0) is 36.4 Å². The minimum absolute atomic E-state index is 0.174. The lowest BCUT2D eigenvalue weighted by Crippen LogP contribution is -2.22. The number of nitrogens with zero attached hydrogens (tertiary/aromatic N) is 3. The molecule has 0 fully saturated rings. The van der Waals surface area contributed by atoms with E-state index in [1.807, 2.05) is 28.8 Å². The Kier molecular flexibility index (Phi) is 6.41. The van der Waals surface area contributed by atoms with Crippen LogP contribution in [0.15, 0.2) is 71.2 Å². The minimum Gasteiger partial charge on any atom is -0.325 e. The molecule has 0 aliphatic rings. The molecule has 1 amide bonds. The number of anilines is 1. The van der Waals surface area contributed by atoms with Gasteiger partial charge in [-0.2, -0.15) is 0 Å². The van der Waals surface area contributed by atoms with E-state index in [9.17, 15) is 13.2 Å². The van der Waals surface area contributed by atoms with Crippen LogP contribution in [-0.4, -0.2) is 48.0 Å². The topological polar surface area (TPSA) is 84.3 Å². The molecule has 0 spiro atoms. The van der Waals surface area contributed by atoms with Crippen LogP contribution in [0.25, 0.3) is 11.0 Å². The van der Waals surface area contributed by atoms with Crippen molar-refractivity contribution in [2.75, 3.05) is 25.2 Å². The Bertz CT molecular complexity index is 1140. The second kappa shape index (κ2) is 8.81. The molecule has 0 aliphatic carbocycles. The summed E-state index contributed by atoms with van der Waals surface area (Å²) in [4.78, 5) is 17.1. The molecule has 152 valence electrons. The number of nitrogens with one attached hydrogen (secondary N) is 1. The number of amides is 1. The van der Waals surface area contributed by atoms with Crippen molar-refractivity contribution in [1.29, 1.82) is 0 Å². The van der Waals surface area contributed by atoms with Crippen LogP contribution in [0, 0.1) is 0 Å². The van der Waals surface area contributed by atoms with Gasteiger partial charge in [-0.25, -0.2) is 17.7 Å². The van der Waals surface area contributed by atoms with Crippen molar-refractivity contribution in [1.82, 2.24) is 13.9 Å². The van der Waals surface area contributed by atoms with E-state index in [0.717, 1.165) is 20.5 Å². The third-order valence-electron chi connectivity index (χ3n) is 4.18. The van der Waals surface area contributed by atoms with E-state index in [4.69, 9.17) is 0 Å². The Morgan fingerprint density at radius 3 is 2.55 bits per heavy atom. The molecular weight excluding hydrogens is 408 g/mol. The molecule has 0 saturated carbocycles. The number of carbonyl (C=O) groups is 1. The summed E-state index contributed by atoms with van der Waals surface area (Å²) in [6.45, 7) is 4.39.